The van der Waals surface area contributed by atoms with Gasteiger partial charge < -0.3 is 14.8 Å². The Morgan fingerprint density at radius 2 is 1.91 bits per heavy atom. The monoisotopic (exact) mass is 473 g/mol. The second-order valence-corrected chi connectivity index (χ2v) is 6.98. The average molecular weight is 473 g/mol. The van der Waals surface area contributed by atoms with Gasteiger partial charge in [0.15, 0.2) is 17.4 Å². The van der Waals surface area contributed by atoms with E-state index in [0.29, 0.717) is 24.4 Å². The van der Waals surface area contributed by atoms with E-state index in [2.05, 4.69) is 35.7 Å². The molecule has 10 nitrogen and oxygen atoms in total. The third-order valence-corrected chi connectivity index (χ3v) is 4.75. The van der Waals surface area contributed by atoms with Crippen LogP contribution in [0.5, 0.6) is 11.5 Å². The maximum absolute atomic E-state index is 13.0. The quantitative estimate of drug-likeness (QED) is 0.401. The number of alkyl halides is 3. The number of rotatable bonds is 8. The molecule has 2 heterocycles. The minimum Gasteiger partial charge on any atom is -0.497 e. The van der Waals surface area contributed by atoms with Gasteiger partial charge in [-0.2, -0.15) is 5.21 Å². The van der Waals surface area contributed by atoms with Crippen LogP contribution in [0.3, 0.4) is 0 Å². The van der Waals surface area contributed by atoms with Crippen LogP contribution in [0.2, 0.25) is 0 Å². The Balaban J connectivity index is 1.56. The van der Waals surface area contributed by atoms with Crippen molar-refractivity contribution >= 4 is 11.5 Å². The number of nitrogens with zero attached hydrogens (tertiary/aromatic N) is 5. The molecular formula is C21H18F3N7O3. The highest BCUT2D eigenvalue weighted by Crippen LogP contribution is 2.34. The van der Waals surface area contributed by atoms with E-state index in [-0.39, 0.29) is 17.3 Å². The molecule has 0 bridgehead atoms. The predicted molar refractivity (Wildman–Crippen MR) is 114 cm³/mol. The molecule has 0 aliphatic heterocycles. The van der Waals surface area contributed by atoms with Crippen molar-refractivity contribution in [2.45, 2.75) is 19.2 Å². The molecule has 2 N–H and O–H groups in total. The molecule has 13 heteroatoms. The van der Waals surface area contributed by atoms with E-state index in [1.54, 1.807) is 12.1 Å². The summed E-state index contributed by atoms with van der Waals surface area (Å²) in [6.07, 6.45) is -0.829. The maximum Gasteiger partial charge on any atom is 0.573 e. The third-order valence-electron chi connectivity index (χ3n) is 4.75. The summed E-state index contributed by atoms with van der Waals surface area (Å²) in [5.41, 5.74) is 0.898. The third kappa shape index (κ3) is 5.49. The van der Waals surface area contributed by atoms with Crippen molar-refractivity contribution in [2.24, 2.45) is 0 Å². The highest BCUT2D eigenvalue weighted by atomic mass is 19.4. The lowest BCUT2D eigenvalue weighted by molar-refractivity contribution is -0.274. The number of hydrogen-bond acceptors (Lipinski definition) is 8. The number of anilines is 2. The zero-order valence-electron chi connectivity index (χ0n) is 17.7. The Kier molecular flexibility index (Phi) is 6.43. The number of aromatic nitrogens is 6. The van der Waals surface area contributed by atoms with E-state index < -0.39 is 17.7 Å². The van der Waals surface area contributed by atoms with E-state index >= 15 is 0 Å². The Hall–Kier alpha value is -4.42. The van der Waals surface area contributed by atoms with Crippen molar-refractivity contribution in [1.29, 1.82) is 0 Å². The number of ether oxygens (including phenoxy) is 2. The number of hydrogen-bond donors (Lipinski definition) is 2. The topological polar surface area (TPSA) is 120 Å². The summed E-state index contributed by atoms with van der Waals surface area (Å²) >= 11 is 0. The smallest absolute Gasteiger partial charge is 0.497 e. The molecule has 0 fully saturated rings. The van der Waals surface area contributed by atoms with Crippen molar-refractivity contribution in [3.05, 3.63) is 76.6 Å². The number of aromatic amines is 1. The van der Waals surface area contributed by atoms with Crippen LogP contribution in [-0.4, -0.2) is 43.6 Å². The molecule has 0 radical (unpaired) electrons. The highest BCUT2D eigenvalue weighted by Gasteiger charge is 2.32. The molecule has 0 amide bonds. The van der Waals surface area contributed by atoms with Gasteiger partial charge in [0.2, 0.25) is 0 Å². The van der Waals surface area contributed by atoms with Crippen LogP contribution in [0.4, 0.5) is 24.7 Å². The fourth-order valence-electron chi connectivity index (χ4n) is 3.14. The zero-order valence-corrected chi connectivity index (χ0v) is 17.7. The molecule has 4 aromatic rings. The van der Waals surface area contributed by atoms with Gasteiger partial charge in [0.05, 0.1) is 12.8 Å². The van der Waals surface area contributed by atoms with Crippen LogP contribution >= 0.6 is 0 Å². The van der Waals surface area contributed by atoms with Gasteiger partial charge in [-0.05, 0) is 36.2 Å². The first-order valence-electron chi connectivity index (χ1n) is 9.92. The molecule has 176 valence electrons. The molecule has 0 spiro atoms. The van der Waals surface area contributed by atoms with Gasteiger partial charge in [0, 0.05) is 30.6 Å². The first-order valence-corrected chi connectivity index (χ1v) is 9.92. The molecule has 0 aliphatic rings. The molecule has 2 aromatic carbocycles. The molecule has 0 unspecified atom stereocenters. The standard InChI is InChI=1S/C21H18F3N7O3/c1-33-15-7-8-16(17(12-15)34-21(22,23)24)26-19-20(32)31(11-10-25-19)14-5-2-13(3-6-14)4-9-18-27-29-30-28-18/h2-3,5-8,10-12H,4,9H2,1H3,(H,25,26)(H,27,28,29,30). The lowest BCUT2D eigenvalue weighted by Crippen LogP contribution is -2.22. The summed E-state index contributed by atoms with van der Waals surface area (Å²) in [7, 11) is 1.31. The van der Waals surface area contributed by atoms with Gasteiger partial charge in [-0.15, -0.1) is 23.4 Å². The number of methoxy groups -OCH3 is 1. The molecule has 0 atom stereocenters. The SMILES string of the molecule is COc1ccc(Nc2nccn(-c3ccc(CCc4nn[nH]n4)cc3)c2=O)c(OC(F)(F)F)c1. The predicted octanol–water partition coefficient (Wildman–Crippen LogP) is 3.18. The van der Waals surface area contributed by atoms with Crippen LogP contribution in [-0.2, 0) is 12.8 Å². The van der Waals surface area contributed by atoms with Crippen LogP contribution in [0, 0.1) is 0 Å². The lowest BCUT2D eigenvalue weighted by atomic mass is 10.1. The van der Waals surface area contributed by atoms with Crippen molar-refractivity contribution < 1.29 is 22.6 Å². The second kappa shape index (κ2) is 9.60. The molecule has 0 aliphatic carbocycles. The Labute approximate surface area is 190 Å². The zero-order chi connectivity index (χ0) is 24.1. The normalized spacial score (nSPS) is 11.3. The second-order valence-electron chi connectivity index (χ2n) is 6.98. The fraction of sp³-hybridized carbons (Fsp3) is 0.190. The van der Waals surface area contributed by atoms with Crippen LogP contribution in [0.15, 0.2) is 59.7 Å². The average Bonchev–Trinajstić information content (AvgIpc) is 3.33. The van der Waals surface area contributed by atoms with E-state index in [1.807, 2.05) is 12.1 Å². The largest absolute Gasteiger partial charge is 0.573 e. The van der Waals surface area contributed by atoms with E-state index in [4.69, 9.17) is 4.74 Å². The van der Waals surface area contributed by atoms with Gasteiger partial charge in [0.1, 0.15) is 5.75 Å². The van der Waals surface area contributed by atoms with Crippen LogP contribution in [0.25, 0.3) is 5.69 Å². The van der Waals surface area contributed by atoms with Crippen molar-refractivity contribution in [2.75, 3.05) is 12.4 Å². The van der Waals surface area contributed by atoms with Gasteiger partial charge >= 0.3 is 6.36 Å². The highest BCUT2D eigenvalue weighted by molar-refractivity contribution is 5.65. The Morgan fingerprint density at radius 1 is 1.12 bits per heavy atom. The fourth-order valence-corrected chi connectivity index (χ4v) is 3.14. The Bertz CT molecular complexity index is 1310. The summed E-state index contributed by atoms with van der Waals surface area (Å²) < 4.78 is 48.9. The lowest BCUT2D eigenvalue weighted by Gasteiger charge is -2.15. The van der Waals surface area contributed by atoms with Crippen LogP contribution < -0.4 is 20.3 Å². The molecular weight excluding hydrogens is 455 g/mol. The summed E-state index contributed by atoms with van der Waals surface area (Å²) in [4.78, 5) is 17.0. The minimum absolute atomic E-state index is 0.0997. The maximum atomic E-state index is 13.0. The van der Waals surface area contributed by atoms with Gasteiger partial charge in [-0.25, -0.2) is 4.98 Å². The first-order chi connectivity index (χ1) is 16.3. The summed E-state index contributed by atoms with van der Waals surface area (Å²) in [5, 5.41) is 16.3. The molecule has 2 aromatic heterocycles. The van der Waals surface area contributed by atoms with Crippen molar-refractivity contribution in [1.82, 2.24) is 30.2 Å². The Morgan fingerprint density at radius 3 is 2.59 bits per heavy atom. The van der Waals surface area contributed by atoms with E-state index in [0.717, 1.165) is 11.6 Å². The summed E-state index contributed by atoms with van der Waals surface area (Å²) in [6.45, 7) is 0. The first kappa shape index (κ1) is 22.8. The minimum atomic E-state index is -4.93. The number of nitrogens with one attached hydrogen (secondary N) is 2. The van der Waals surface area contributed by atoms with E-state index in [9.17, 15) is 18.0 Å². The molecule has 0 saturated carbocycles. The summed E-state index contributed by atoms with van der Waals surface area (Å²) in [6, 6.07) is 11.0. The molecule has 34 heavy (non-hydrogen) atoms. The molecule has 0 saturated heterocycles. The van der Waals surface area contributed by atoms with Crippen LogP contribution in [0.1, 0.15) is 11.4 Å². The number of tetrazole rings is 1. The van der Waals surface area contributed by atoms with Crippen molar-refractivity contribution in [3.63, 3.8) is 0 Å². The summed E-state index contributed by atoms with van der Waals surface area (Å²) in [5.74, 6) is 0.00971. The van der Waals surface area contributed by atoms with Gasteiger partial charge in [-0.1, -0.05) is 17.3 Å². The van der Waals surface area contributed by atoms with E-state index in [1.165, 1.54) is 36.2 Å². The van der Waals surface area contributed by atoms with Gasteiger partial charge in [0.25, 0.3) is 5.56 Å². The number of benzene rings is 2. The number of H-pyrrole nitrogens is 1. The molecule has 4 rings (SSSR count). The van der Waals surface area contributed by atoms with Gasteiger partial charge in [-0.3, -0.25) is 9.36 Å². The van der Waals surface area contributed by atoms with Crippen molar-refractivity contribution in [3.8, 4) is 17.2 Å². The number of aryl methyl sites for hydroxylation is 2. The number of halogens is 3.